The van der Waals surface area contributed by atoms with Gasteiger partial charge in [0, 0.05) is 17.0 Å². The predicted octanol–water partition coefficient (Wildman–Crippen LogP) is 4.55. The molecule has 2 rings (SSSR count). The van der Waals surface area contributed by atoms with Crippen molar-refractivity contribution in [1.29, 1.82) is 0 Å². The maximum absolute atomic E-state index is 3.70. The quantitative estimate of drug-likeness (QED) is 0.815. The average molecular weight is 245 g/mol. The topological polar surface area (TPSA) is 12.0 Å². The van der Waals surface area contributed by atoms with E-state index in [1.807, 2.05) is 11.3 Å². The summed E-state index contributed by atoms with van der Waals surface area (Å²) < 4.78 is 0. The van der Waals surface area contributed by atoms with E-state index in [0.717, 1.165) is 6.42 Å². The average Bonchev–Trinajstić information content (AvgIpc) is 2.90. The molecule has 0 aliphatic rings. The van der Waals surface area contributed by atoms with Gasteiger partial charge in [-0.1, -0.05) is 43.3 Å². The van der Waals surface area contributed by atoms with Crippen molar-refractivity contribution >= 4 is 11.3 Å². The molecule has 2 aromatic rings. The van der Waals surface area contributed by atoms with E-state index < -0.39 is 0 Å². The van der Waals surface area contributed by atoms with Crippen molar-refractivity contribution < 1.29 is 0 Å². The van der Waals surface area contributed by atoms with Crippen LogP contribution in [0, 0.1) is 0 Å². The van der Waals surface area contributed by atoms with Gasteiger partial charge in [-0.15, -0.1) is 11.3 Å². The van der Waals surface area contributed by atoms with Crippen LogP contribution in [0.5, 0.6) is 0 Å². The molecule has 1 nitrogen and oxygen atoms in total. The summed E-state index contributed by atoms with van der Waals surface area (Å²) in [7, 11) is 0. The van der Waals surface area contributed by atoms with Crippen LogP contribution in [-0.2, 0) is 0 Å². The van der Waals surface area contributed by atoms with Crippen molar-refractivity contribution in [3.63, 3.8) is 0 Å². The monoisotopic (exact) mass is 245 g/mol. The lowest BCUT2D eigenvalue weighted by Crippen LogP contribution is -2.23. The summed E-state index contributed by atoms with van der Waals surface area (Å²) in [4.78, 5) is 1.43. The van der Waals surface area contributed by atoms with Gasteiger partial charge in [-0.2, -0.15) is 0 Å². The maximum Gasteiger partial charge on any atom is 0.0416 e. The fourth-order valence-corrected chi connectivity index (χ4v) is 2.90. The Morgan fingerprint density at radius 1 is 1.12 bits per heavy atom. The van der Waals surface area contributed by atoms with E-state index in [0.29, 0.717) is 12.1 Å². The lowest BCUT2D eigenvalue weighted by Gasteiger charge is -2.21. The Morgan fingerprint density at radius 3 is 2.47 bits per heavy atom. The maximum atomic E-state index is 3.70. The number of hydrogen-bond acceptors (Lipinski definition) is 2. The third kappa shape index (κ3) is 3.18. The highest BCUT2D eigenvalue weighted by Gasteiger charge is 2.13. The second-order valence-corrected chi connectivity index (χ2v) is 5.25. The first-order valence-electron chi connectivity index (χ1n) is 6.15. The van der Waals surface area contributed by atoms with E-state index in [1.165, 1.54) is 10.4 Å². The van der Waals surface area contributed by atoms with Crippen LogP contribution in [0.4, 0.5) is 0 Å². The molecule has 1 N–H and O–H groups in total. The SMILES string of the molecule is CCC(N[C@@H](C)c1ccccc1)c1cccs1. The first-order chi connectivity index (χ1) is 8.31. The number of nitrogens with one attached hydrogen (secondary N) is 1. The molecule has 0 aliphatic carbocycles. The van der Waals surface area contributed by atoms with Crippen LogP contribution in [0.25, 0.3) is 0 Å². The molecule has 0 fully saturated rings. The lowest BCUT2D eigenvalue weighted by molar-refractivity contribution is 0.462. The fraction of sp³-hybridized carbons (Fsp3) is 0.333. The van der Waals surface area contributed by atoms with Crippen LogP contribution < -0.4 is 5.32 Å². The Labute approximate surface area is 108 Å². The van der Waals surface area contributed by atoms with Crippen LogP contribution in [0.3, 0.4) is 0 Å². The van der Waals surface area contributed by atoms with Gasteiger partial charge in [-0.05, 0) is 30.4 Å². The number of thiophene rings is 1. The smallest absolute Gasteiger partial charge is 0.0416 e. The third-order valence-electron chi connectivity index (χ3n) is 3.05. The van der Waals surface area contributed by atoms with Crippen molar-refractivity contribution in [3.8, 4) is 0 Å². The number of rotatable bonds is 5. The molecule has 0 saturated carbocycles. The van der Waals surface area contributed by atoms with Gasteiger partial charge in [-0.25, -0.2) is 0 Å². The molecule has 1 aromatic carbocycles. The zero-order chi connectivity index (χ0) is 12.1. The molecule has 0 bridgehead atoms. The molecule has 90 valence electrons. The van der Waals surface area contributed by atoms with Crippen LogP contribution in [0.2, 0.25) is 0 Å². The minimum absolute atomic E-state index is 0.392. The molecular formula is C15H19NS. The zero-order valence-corrected chi connectivity index (χ0v) is 11.2. The minimum atomic E-state index is 0.392. The lowest BCUT2D eigenvalue weighted by atomic mass is 10.1. The summed E-state index contributed by atoms with van der Waals surface area (Å²) in [6.07, 6.45) is 1.12. The number of benzene rings is 1. The molecular weight excluding hydrogens is 226 g/mol. The highest BCUT2D eigenvalue weighted by Crippen LogP contribution is 2.25. The largest absolute Gasteiger partial charge is 0.303 e. The summed E-state index contributed by atoms with van der Waals surface area (Å²) in [5.74, 6) is 0. The molecule has 17 heavy (non-hydrogen) atoms. The molecule has 0 amide bonds. The Morgan fingerprint density at radius 2 is 1.88 bits per heavy atom. The van der Waals surface area contributed by atoms with E-state index in [-0.39, 0.29) is 0 Å². The molecule has 1 heterocycles. The minimum Gasteiger partial charge on any atom is -0.303 e. The first-order valence-corrected chi connectivity index (χ1v) is 7.03. The Bertz CT molecular complexity index is 421. The standard InChI is InChI=1S/C15H19NS/c1-3-14(15-10-7-11-17-15)16-12(2)13-8-5-4-6-9-13/h4-12,14,16H,3H2,1-2H3/t12-,14?/m0/s1. The van der Waals surface area contributed by atoms with Crippen molar-refractivity contribution in [2.45, 2.75) is 32.4 Å². The van der Waals surface area contributed by atoms with E-state index in [2.05, 4.69) is 67.0 Å². The van der Waals surface area contributed by atoms with E-state index in [4.69, 9.17) is 0 Å². The van der Waals surface area contributed by atoms with Crippen molar-refractivity contribution in [1.82, 2.24) is 5.32 Å². The zero-order valence-electron chi connectivity index (χ0n) is 10.4. The van der Waals surface area contributed by atoms with Gasteiger partial charge in [-0.3, -0.25) is 0 Å². The van der Waals surface area contributed by atoms with Crippen molar-refractivity contribution in [2.75, 3.05) is 0 Å². The van der Waals surface area contributed by atoms with Crippen LogP contribution in [0.15, 0.2) is 47.8 Å². The first kappa shape index (κ1) is 12.3. The highest BCUT2D eigenvalue weighted by atomic mass is 32.1. The van der Waals surface area contributed by atoms with Crippen molar-refractivity contribution in [2.24, 2.45) is 0 Å². The summed E-state index contributed by atoms with van der Waals surface area (Å²) in [5, 5.41) is 5.84. The van der Waals surface area contributed by atoms with Gasteiger partial charge in [0.25, 0.3) is 0 Å². The molecule has 2 heteroatoms. The highest BCUT2D eigenvalue weighted by molar-refractivity contribution is 7.10. The van der Waals surface area contributed by atoms with Gasteiger partial charge in [0.05, 0.1) is 0 Å². The van der Waals surface area contributed by atoms with Crippen LogP contribution in [0.1, 0.15) is 42.8 Å². The van der Waals surface area contributed by atoms with Crippen molar-refractivity contribution in [3.05, 3.63) is 58.3 Å². The third-order valence-corrected chi connectivity index (χ3v) is 4.03. The summed E-state index contributed by atoms with van der Waals surface area (Å²) in [6.45, 7) is 4.46. The summed E-state index contributed by atoms with van der Waals surface area (Å²) >= 11 is 1.83. The molecule has 0 radical (unpaired) electrons. The molecule has 0 aliphatic heterocycles. The molecule has 0 spiro atoms. The van der Waals surface area contributed by atoms with Crippen LogP contribution >= 0.6 is 11.3 Å². The van der Waals surface area contributed by atoms with Gasteiger partial charge < -0.3 is 5.32 Å². The molecule has 1 aromatic heterocycles. The number of hydrogen-bond donors (Lipinski definition) is 1. The van der Waals surface area contributed by atoms with E-state index >= 15 is 0 Å². The van der Waals surface area contributed by atoms with Gasteiger partial charge in [0.1, 0.15) is 0 Å². The Balaban J connectivity index is 2.05. The molecule has 1 unspecified atom stereocenters. The van der Waals surface area contributed by atoms with Gasteiger partial charge >= 0.3 is 0 Å². The van der Waals surface area contributed by atoms with Gasteiger partial charge in [0.2, 0.25) is 0 Å². The van der Waals surface area contributed by atoms with Gasteiger partial charge in [0.15, 0.2) is 0 Å². The predicted molar refractivity (Wildman–Crippen MR) is 75.3 cm³/mol. The summed E-state index contributed by atoms with van der Waals surface area (Å²) in [5.41, 5.74) is 1.35. The van der Waals surface area contributed by atoms with E-state index in [1.54, 1.807) is 0 Å². The fourth-order valence-electron chi connectivity index (χ4n) is 2.03. The second kappa shape index (κ2) is 5.99. The van der Waals surface area contributed by atoms with E-state index in [9.17, 15) is 0 Å². The second-order valence-electron chi connectivity index (χ2n) is 4.28. The Hall–Kier alpha value is -1.12. The molecule has 2 atom stereocenters. The molecule has 0 saturated heterocycles. The Kier molecular flexibility index (Phi) is 4.35. The summed E-state index contributed by atoms with van der Waals surface area (Å²) in [6, 6.07) is 15.8. The van der Waals surface area contributed by atoms with Crippen LogP contribution in [-0.4, -0.2) is 0 Å². The normalized spacial score (nSPS) is 14.5.